The molecule has 0 saturated heterocycles. The fourth-order valence-corrected chi connectivity index (χ4v) is 1.73. The van der Waals surface area contributed by atoms with Crippen molar-refractivity contribution in [3.05, 3.63) is 60.2 Å². The van der Waals surface area contributed by atoms with Crippen molar-refractivity contribution < 1.29 is 5.11 Å². The van der Waals surface area contributed by atoms with Crippen LogP contribution in [-0.4, -0.2) is 5.11 Å². The molecule has 0 spiro atoms. The molecule has 1 N–H and O–H groups in total. The summed E-state index contributed by atoms with van der Waals surface area (Å²) in [6.07, 6.45) is -0.560. The third-order valence-corrected chi connectivity index (χ3v) is 2.69. The molecular weight excluding hydrogens is 210 g/mol. The lowest BCUT2D eigenvalue weighted by molar-refractivity contribution is 0.183. The molecule has 0 bridgehead atoms. The summed E-state index contributed by atoms with van der Waals surface area (Å²) in [5.41, 5.74) is 3.04. The second-order valence-corrected chi connectivity index (χ2v) is 3.87. The summed E-state index contributed by atoms with van der Waals surface area (Å²) in [5, 5.41) is 18.2. The first-order chi connectivity index (χ1) is 8.31. The van der Waals surface area contributed by atoms with E-state index in [0.29, 0.717) is 0 Å². The van der Waals surface area contributed by atoms with Gasteiger partial charge in [-0.2, -0.15) is 5.26 Å². The Hall–Kier alpha value is -2.11. The maximum atomic E-state index is 9.66. The first kappa shape index (κ1) is 11.4. The number of benzene rings is 2. The minimum Gasteiger partial charge on any atom is -0.387 e. The Morgan fingerprint density at radius 1 is 0.941 bits per heavy atom. The van der Waals surface area contributed by atoms with Crippen LogP contribution in [0.25, 0.3) is 11.1 Å². The van der Waals surface area contributed by atoms with Gasteiger partial charge in [-0.05, 0) is 16.7 Å². The molecule has 0 aliphatic carbocycles. The van der Waals surface area contributed by atoms with Crippen molar-refractivity contribution in [1.82, 2.24) is 0 Å². The van der Waals surface area contributed by atoms with E-state index in [1.807, 2.05) is 60.7 Å². The Morgan fingerprint density at radius 2 is 1.53 bits per heavy atom. The number of aliphatic hydroxyl groups is 1. The zero-order valence-corrected chi connectivity index (χ0v) is 9.38. The van der Waals surface area contributed by atoms with Crippen molar-refractivity contribution in [1.29, 1.82) is 5.26 Å². The standard InChI is InChI=1S/C15H13NO/c16-11-10-15(17)14-8-6-13(7-9-14)12-4-2-1-3-5-12/h1-9,15,17H,10H2. The van der Waals surface area contributed by atoms with Crippen LogP contribution in [0.1, 0.15) is 18.1 Å². The SMILES string of the molecule is N#CCC(O)c1ccc(-c2ccccc2)cc1. The molecule has 17 heavy (non-hydrogen) atoms. The smallest absolute Gasteiger partial charge is 0.0919 e. The van der Waals surface area contributed by atoms with E-state index in [9.17, 15) is 5.11 Å². The fourth-order valence-electron chi connectivity index (χ4n) is 1.73. The van der Waals surface area contributed by atoms with E-state index in [4.69, 9.17) is 5.26 Å². The van der Waals surface area contributed by atoms with Crippen molar-refractivity contribution in [2.45, 2.75) is 12.5 Å². The van der Waals surface area contributed by atoms with Gasteiger partial charge in [-0.3, -0.25) is 0 Å². The highest BCUT2D eigenvalue weighted by Crippen LogP contribution is 2.22. The zero-order valence-electron chi connectivity index (χ0n) is 9.38. The molecule has 0 aliphatic rings. The van der Waals surface area contributed by atoms with Crippen molar-refractivity contribution >= 4 is 0 Å². The lowest BCUT2D eigenvalue weighted by Gasteiger charge is -2.08. The highest BCUT2D eigenvalue weighted by atomic mass is 16.3. The fraction of sp³-hybridized carbons (Fsp3) is 0.133. The molecule has 84 valence electrons. The second kappa shape index (κ2) is 5.29. The van der Waals surface area contributed by atoms with Crippen LogP contribution in [0, 0.1) is 11.3 Å². The average molecular weight is 223 g/mol. The lowest BCUT2D eigenvalue weighted by atomic mass is 10.0. The van der Waals surface area contributed by atoms with Gasteiger partial charge in [0, 0.05) is 0 Å². The summed E-state index contributed by atoms with van der Waals surface area (Å²) in [7, 11) is 0. The highest BCUT2D eigenvalue weighted by molar-refractivity contribution is 5.63. The van der Waals surface area contributed by atoms with Crippen LogP contribution >= 0.6 is 0 Å². The van der Waals surface area contributed by atoms with Gasteiger partial charge in [-0.25, -0.2) is 0 Å². The lowest BCUT2D eigenvalue weighted by Crippen LogP contribution is -1.95. The van der Waals surface area contributed by atoms with E-state index in [2.05, 4.69) is 0 Å². The van der Waals surface area contributed by atoms with E-state index in [0.717, 1.165) is 16.7 Å². The molecule has 2 heteroatoms. The first-order valence-electron chi connectivity index (χ1n) is 5.51. The molecule has 0 aromatic heterocycles. The maximum absolute atomic E-state index is 9.66. The Kier molecular flexibility index (Phi) is 3.54. The van der Waals surface area contributed by atoms with Gasteiger partial charge >= 0.3 is 0 Å². The minimum atomic E-state index is -0.690. The van der Waals surface area contributed by atoms with Crippen LogP contribution in [0.3, 0.4) is 0 Å². The summed E-state index contributed by atoms with van der Waals surface area (Å²) in [6, 6.07) is 19.7. The molecule has 0 fully saturated rings. The summed E-state index contributed by atoms with van der Waals surface area (Å²) >= 11 is 0. The highest BCUT2D eigenvalue weighted by Gasteiger charge is 2.06. The van der Waals surface area contributed by atoms with E-state index in [1.54, 1.807) is 0 Å². The van der Waals surface area contributed by atoms with Gasteiger partial charge in [0.15, 0.2) is 0 Å². The minimum absolute atomic E-state index is 0.130. The van der Waals surface area contributed by atoms with E-state index < -0.39 is 6.10 Å². The summed E-state index contributed by atoms with van der Waals surface area (Å²) in [6.45, 7) is 0. The molecule has 2 nitrogen and oxygen atoms in total. The Morgan fingerprint density at radius 3 is 2.12 bits per heavy atom. The number of nitriles is 1. The molecular formula is C15H13NO. The molecule has 0 amide bonds. The normalized spacial score (nSPS) is 11.8. The summed E-state index contributed by atoms with van der Waals surface area (Å²) in [5.74, 6) is 0. The molecule has 2 aromatic carbocycles. The largest absolute Gasteiger partial charge is 0.387 e. The molecule has 2 aromatic rings. The maximum Gasteiger partial charge on any atom is 0.0919 e. The van der Waals surface area contributed by atoms with Gasteiger partial charge in [0.05, 0.1) is 18.6 Å². The second-order valence-electron chi connectivity index (χ2n) is 3.87. The predicted molar refractivity (Wildman–Crippen MR) is 67.1 cm³/mol. The van der Waals surface area contributed by atoms with E-state index in [1.165, 1.54) is 0 Å². The molecule has 0 radical (unpaired) electrons. The average Bonchev–Trinajstić information content (AvgIpc) is 2.40. The van der Waals surface area contributed by atoms with E-state index in [-0.39, 0.29) is 6.42 Å². The van der Waals surface area contributed by atoms with Crippen LogP contribution in [0.4, 0.5) is 0 Å². The quantitative estimate of drug-likeness (QED) is 0.867. The third-order valence-electron chi connectivity index (χ3n) is 2.69. The van der Waals surface area contributed by atoms with Gasteiger partial charge in [-0.15, -0.1) is 0 Å². The van der Waals surface area contributed by atoms with Crippen LogP contribution < -0.4 is 0 Å². The summed E-state index contributed by atoms with van der Waals surface area (Å²) < 4.78 is 0. The first-order valence-corrected chi connectivity index (χ1v) is 5.51. The number of hydrogen-bond acceptors (Lipinski definition) is 2. The zero-order chi connectivity index (χ0) is 12.1. The van der Waals surface area contributed by atoms with E-state index >= 15 is 0 Å². The van der Waals surface area contributed by atoms with Crippen molar-refractivity contribution in [3.63, 3.8) is 0 Å². The van der Waals surface area contributed by atoms with Gasteiger partial charge in [0.1, 0.15) is 0 Å². The van der Waals surface area contributed by atoms with Crippen molar-refractivity contribution in [3.8, 4) is 17.2 Å². The van der Waals surface area contributed by atoms with Crippen molar-refractivity contribution in [2.75, 3.05) is 0 Å². The summed E-state index contributed by atoms with van der Waals surface area (Å²) in [4.78, 5) is 0. The molecule has 0 aliphatic heterocycles. The molecule has 2 rings (SSSR count). The van der Waals surface area contributed by atoms with Crippen LogP contribution in [0.2, 0.25) is 0 Å². The Labute approximate surface area is 101 Å². The van der Waals surface area contributed by atoms with Crippen LogP contribution in [0.5, 0.6) is 0 Å². The number of rotatable bonds is 3. The molecule has 1 unspecified atom stereocenters. The number of nitrogens with zero attached hydrogens (tertiary/aromatic N) is 1. The Balaban J connectivity index is 2.22. The Bertz CT molecular complexity index is 511. The number of hydrogen-bond donors (Lipinski definition) is 1. The molecule has 1 atom stereocenters. The molecule has 0 heterocycles. The van der Waals surface area contributed by atoms with Crippen molar-refractivity contribution in [2.24, 2.45) is 0 Å². The van der Waals surface area contributed by atoms with Gasteiger partial charge < -0.3 is 5.11 Å². The predicted octanol–water partition coefficient (Wildman–Crippen LogP) is 3.30. The number of aliphatic hydroxyl groups excluding tert-OH is 1. The monoisotopic (exact) mass is 223 g/mol. The van der Waals surface area contributed by atoms with Gasteiger partial charge in [0.2, 0.25) is 0 Å². The van der Waals surface area contributed by atoms with Crippen LogP contribution in [0.15, 0.2) is 54.6 Å². The van der Waals surface area contributed by atoms with Crippen LogP contribution in [-0.2, 0) is 0 Å². The third kappa shape index (κ3) is 2.72. The molecule has 0 saturated carbocycles. The van der Waals surface area contributed by atoms with Gasteiger partial charge in [0.25, 0.3) is 0 Å². The topological polar surface area (TPSA) is 44.0 Å². The van der Waals surface area contributed by atoms with Gasteiger partial charge in [-0.1, -0.05) is 54.6 Å².